The van der Waals surface area contributed by atoms with Crippen molar-refractivity contribution in [3.05, 3.63) is 87.4 Å². The van der Waals surface area contributed by atoms with E-state index in [0.717, 1.165) is 11.8 Å². The number of amides is 1. The summed E-state index contributed by atoms with van der Waals surface area (Å²) in [4.78, 5) is 12.6. The van der Waals surface area contributed by atoms with Crippen LogP contribution in [0.2, 0.25) is 10.0 Å². The van der Waals surface area contributed by atoms with Crippen molar-refractivity contribution >= 4 is 44.8 Å². The fraction of sp³-hybridized carbons (Fsp3) is 0.240. The second-order valence-corrected chi connectivity index (χ2v) is 10.4. The number of methoxy groups -OCH3 is 2. The first-order valence-corrected chi connectivity index (χ1v) is 13.2. The Morgan fingerprint density at radius 1 is 0.943 bits per heavy atom. The van der Waals surface area contributed by atoms with Crippen molar-refractivity contribution in [1.82, 2.24) is 5.32 Å². The average molecular weight is 537 g/mol. The number of ether oxygens (including phenoxy) is 2. The number of anilines is 1. The Kier molecular flexibility index (Phi) is 8.88. The van der Waals surface area contributed by atoms with Gasteiger partial charge in [0.2, 0.25) is 10.0 Å². The van der Waals surface area contributed by atoms with E-state index in [1.807, 2.05) is 18.2 Å². The summed E-state index contributed by atoms with van der Waals surface area (Å²) in [5.74, 6) is 1.05. The van der Waals surface area contributed by atoms with E-state index in [-0.39, 0.29) is 22.5 Å². The van der Waals surface area contributed by atoms with Crippen molar-refractivity contribution in [1.29, 1.82) is 0 Å². The van der Waals surface area contributed by atoms with Crippen LogP contribution in [-0.4, -0.2) is 41.3 Å². The number of hydrogen-bond acceptors (Lipinski definition) is 5. The number of nitrogens with zero attached hydrogens (tertiary/aromatic N) is 1. The minimum atomic E-state index is -3.64. The van der Waals surface area contributed by atoms with Crippen LogP contribution in [0.5, 0.6) is 11.5 Å². The van der Waals surface area contributed by atoms with Crippen LogP contribution < -0.4 is 19.1 Å². The van der Waals surface area contributed by atoms with Crippen LogP contribution in [0.15, 0.2) is 60.7 Å². The summed E-state index contributed by atoms with van der Waals surface area (Å²) in [6.45, 7) is 0.477. The Morgan fingerprint density at radius 2 is 1.60 bits per heavy atom. The lowest BCUT2D eigenvalue weighted by atomic mass is 10.1. The average Bonchev–Trinajstić information content (AvgIpc) is 2.84. The zero-order valence-electron chi connectivity index (χ0n) is 19.5. The van der Waals surface area contributed by atoms with Gasteiger partial charge in [0.25, 0.3) is 5.91 Å². The van der Waals surface area contributed by atoms with Crippen molar-refractivity contribution in [2.24, 2.45) is 0 Å². The predicted molar refractivity (Wildman–Crippen MR) is 140 cm³/mol. The highest BCUT2D eigenvalue weighted by Crippen LogP contribution is 2.34. The van der Waals surface area contributed by atoms with E-state index in [2.05, 4.69) is 5.32 Å². The molecule has 1 amide bonds. The Bertz CT molecular complexity index is 1300. The maximum atomic E-state index is 12.6. The summed E-state index contributed by atoms with van der Waals surface area (Å²) in [7, 11) is -0.483. The Morgan fingerprint density at radius 3 is 2.23 bits per heavy atom. The smallest absolute Gasteiger partial charge is 0.251 e. The number of benzene rings is 3. The molecule has 35 heavy (non-hydrogen) atoms. The highest BCUT2D eigenvalue weighted by Gasteiger charge is 2.21. The molecule has 0 spiro atoms. The van der Waals surface area contributed by atoms with Crippen LogP contribution in [0, 0.1) is 0 Å². The van der Waals surface area contributed by atoms with Gasteiger partial charge in [-0.3, -0.25) is 9.10 Å². The van der Waals surface area contributed by atoms with E-state index >= 15 is 0 Å². The highest BCUT2D eigenvalue weighted by atomic mass is 35.5. The van der Waals surface area contributed by atoms with Gasteiger partial charge >= 0.3 is 0 Å². The second kappa shape index (κ2) is 11.7. The molecule has 0 fully saturated rings. The van der Waals surface area contributed by atoms with E-state index in [0.29, 0.717) is 41.3 Å². The molecule has 3 rings (SSSR count). The molecule has 0 aromatic heterocycles. The van der Waals surface area contributed by atoms with E-state index in [1.54, 1.807) is 56.7 Å². The molecule has 0 aliphatic carbocycles. The first kappa shape index (κ1) is 26.7. The summed E-state index contributed by atoms with van der Waals surface area (Å²) in [5, 5.41) is 3.31. The first-order valence-electron chi connectivity index (χ1n) is 10.6. The van der Waals surface area contributed by atoms with Gasteiger partial charge < -0.3 is 14.8 Å². The highest BCUT2D eigenvalue weighted by molar-refractivity contribution is 7.92. The zero-order chi connectivity index (χ0) is 25.6. The lowest BCUT2D eigenvalue weighted by Crippen LogP contribution is -2.29. The van der Waals surface area contributed by atoms with Crippen LogP contribution in [0.3, 0.4) is 0 Å². The number of carbonyl (C=O) groups excluding carboxylic acids is 1. The van der Waals surface area contributed by atoms with Crippen molar-refractivity contribution in [2.75, 3.05) is 31.3 Å². The SMILES string of the molecule is COc1ccc(CCNC(=O)c2ccc(CN(c3cccc(Cl)c3Cl)S(C)(=O)=O)cc2)cc1OC. The lowest BCUT2D eigenvalue weighted by Gasteiger charge is -2.24. The number of nitrogens with one attached hydrogen (secondary N) is 1. The molecular formula is C25H26Cl2N2O5S. The summed E-state index contributed by atoms with van der Waals surface area (Å²) in [6.07, 6.45) is 1.72. The molecule has 7 nitrogen and oxygen atoms in total. The number of rotatable bonds is 10. The number of halogens is 2. The molecule has 0 bridgehead atoms. The van der Waals surface area contributed by atoms with E-state index < -0.39 is 10.0 Å². The number of hydrogen-bond donors (Lipinski definition) is 1. The van der Waals surface area contributed by atoms with Gasteiger partial charge in [0, 0.05) is 12.1 Å². The summed E-state index contributed by atoms with van der Waals surface area (Å²) >= 11 is 12.3. The molecule has 3 aromatic rings. The fourth-order valence-corrected chi connectivity index (χ4v) is 4.79. The molecule has 0 unspecified atom stereocenters. The lowest BCUT2D eigenvalue weighted by molar-refractivity contribution is 0.0954. The van der Waals surface area contributed by atoms with Gasteiger partial charge in [0.1, 0.15) is 0 Å². The maximum Gasteiger partial charge on any atom is 0.251 e. The zero-order valence-corrected chi connectivity index (χ0v) is 21.9. The van der Waals surface area contributed by atoms with Gasteiger partial charge in [-0.25, -0.2) is 8.42 Å². The normalized spacial score (nSPS) is 11.1. The molecule has 0 radical (unpaired) electrons. The summed E-state index contributed by atoms with van der Waals surface area (Å²) in [5.41, 5.74) is 2.44. The Balaban J connectivity index is 1.64. The first-order chi connectivity index (χ1) is 16.6. The molecule has 3 aromatic carbocycles. The number of sulfonamides is 1. The van der Waals surface area contributed by atoms with E-state index in [1.165, 1.54) is 4.31 Å². The van der Waals surface area contributed by atoms with Crippen molar-refractivity contribution in [3.8, 4) is 11.5 Å². The molecule has 186 valence electrons. The molecule has 0 atom stereocenters. The van der Waals surface area contributed by atoms with E-state index in [9.17, 15) is 13.2 Å². The standard InChI is InChI=1S/C25H26Cl2N2O5S/c1-33-22-12-9-17(15-23(22)34-2)13-14-28-25(30)19-10-7-18(8-11-19)16-29(35(3,31)32)21-6-4-5-20(26)24(21)27/h4-12,15H,13-14,16H2,1-3H3,(H,28,30). The van der Waals surface area contributed by atoms with Gasteiger partial charge in [-0.2, -0.15) is 0 Å². The van der Waals surface area contributed by atoms with Gasteiger partial charge in [-0.15, -0.1) is 0 Å². The maximum absolute atomic E-state index is 12.6. The van der Waals surface area contributed by atoms with Gasteiger partial charge in [-0.1, -0.05) is 47.5 Å². The summed E-state index contributed by atoms with van der Waals surface area (Å²) in [6, 6.07) is 17.2. The third kappa shape index (κ3) is 6.81. The minimum absolute atomic E-state index is 0.0418. The quantitative estimate of drug-likeness (QED) is 0.396. The van der Waals surface area contributed by atoms with Crippen molar-refractivity contribution in [3.63, 3.8) is 0 Å². The van der Waals surface area contributed by atoms with Gasteiger partial charge in [0.05, 0.1) is 42.8 Å². The Hall–Kier alpha value is -2.94. The molecule has 0 aliphatic heterocycles. The molecule has 0 saturated heterocycles. The van der Waals surface area contributed by atoms with Gasteiger partial charge in [-0.05, 0) is 53.9 Å². The molecule has 1 N–H and O–H groups in total. The van der Waals surface area contributed by atoms with Crippen LogP contribution in [-0.2, 0) is 23.0 Å². The second-order valence-electron chi connectivity index (χ2n) is 7.73. The topological polar surface area (TPSA) is 84.9 Å². The van der Waals surface area contributed by atoms with Gasteiger partial charge in [0.15, 0.2) is 11.5 Å². The van der Waals surface area contributed by atoms with Crippen LogP contribution in [0.25, 0.3) is 0 Å². The molecular weight excluding hydrogens is 511 g/mol. The third-order valence-electron chi connectivity index (χ3n) is 5.29. The summed E-state index contributed by atoms with van der Waals surface area (Å²) < 4.78 is 36.6. The van der Waals surface area contributed by atoms with Crippen LogP contribution in [0.1, 0.15) is 21.5 Å². The van der Waals surface area contributed by atoms with Crippen molar-refractivity contribution in [2.45, 2.75) is 13.0 Å². The molecule has 0 aliphatic rings. The monoisotopic (exact) mass is 536 g/mol. The minimum Gasteiger partial charge on any atom is -0.493 e. The van der Waals surface area contributed by atoms with Crippen LogP contribution in [0.4, 0.5) is 5.69 Å². The van der Waals surface area contributed by atoms with E-state index in [4.69, 9.17) is 32.7 Å². The molecule has 10 heteroatoms. The predicted octanol–water partition coefficient (Wildman–Crippen LogP) is 4.95. The molecule has 0 saturated carbocycles. The molecule has 0 heterocycles. The number of carbonyl (C=O) groups is 1. The largest absolute Gasteiger partial charge is 0.493 e. The Labute approximate surface area is 215 Å². The fourth-order valence-electron chi connectivity index (χ4n) is 3.45. The van der Waals surface area contributed by atoms with Crippen LogP contribution >= 0.6 is 23.2 Å². The third-order valence-corrected chi connectivity index (χ3v) is 7.23. The van der Waals surface area contributed by atoms with Crippen molar-refractivity contribution < 1.29 is 22.7 Å².